The minimum Gasteiger partial charge on any atom is -0.355 e. The summed E-state index contributed by atoms with van der Waals surface area (Å²) in [6.45, 7) is 6.57. The van der Waals surface area contributed by atoms with Crippen LogP contribution in [0.4, 0.5) is 0 Å². The van der Waals surface area contributed by atoms with E-state index in [0.29, 0.717) is 6.54 Å². The Morgan fingerprint density at radius 3 is 1.69 bits per heavy atom. The monoisotopic (exact) mass is 457 g/mol. The molecule has 0 radical (unpaired) electrons. The summed E-state index contributed by atoms with van der Waals surface area (Å²) in [7, 11) is 2.09. The van der Waals surface area contributed by atoms with Crippen LogP contribution in [0, 0.1) is 0 Å². The highest BCUT2D eigenvalue weighted by Gasteiger charge is 2.28. The van der Waals surface area contributed by atoms with Crippen LogP contribution in [-0.4, -0.2) is 73.4 Å². The molecule has 6 nitrogen and oxygen atoms in total. The Balaban J connectivity index is 0.0000102. The van der Waals surface area contributed by atoms with E-state index >= 15 is 0 Å². The molecule has 1 rings (SSSR count). The first-order chi connectivity index (χ1) is 15.7. The van der Waals surface area contributed by atoms with Crippen LogP contribution in [-0.2, 0) is 9.68 Å². The second-order valence-electron chi connectivity index (χ2n) is 9.75. The van der Waals surface area contributed by atoms with Gasteiger partial charge in [-0.3, -0.25) is 15.0 Å². The van der Waals surface area contributed by atoms with Gasteiger partial charge >= 0.3 is 0 Å². The highest BCUT2D eigenvalue weighted by Crippen LogP contribution is 2.13. The van der Waals surface area contributed by atoms with Crippen molar-refractivity contribution in [3.05, 3.63) is 0 Å². The molecule has 6 heteroatoms. The Morgan fingerprint density at radius 1 is 0.812 bits per heavy atom. The summed E-state index contributed by atoms with van der Waals surface area (Å²) in [5, 5.41) is 11.9. The molecule has 0 aromatic heterocycles. The maximum atomic E-state index is 12.5. The van der Waals surface area contributed by atoms with Crippen molar-refractivity contribution < 1.29 is 16.4 Å². The van der Waals surface area contributed by atoms with Crippen molar-refractivity contribution in [1.82, 2.24) is 15.1 Å². The lowest BCUT2D eigenvalue weighted by Crippen LogP contribution is -2.55. The van der Waals surface area contributed by atoms with Gasteiger partial charge in [-0.25, -0.2) is 4.89 Å². The van der Waals surface area contributed by atoms with E-state index in [1.54, 1.807) is 0 Å². The van der Waals surface area contributed by atoms with Crippen LogP contribution in [0.5, 0.6) is 0 Å². The Kier molecular flexibility index (Phi) is 19.1. The Morgan fingerprint density at radius 2 is 1.25 bits per heavy atom. The summed E-state index contributed by atoms with van der Waals surface area (Å²) in [5.74, 6) is -0.0236. The number of amides is 1. The van der Waals surface area contributed by atoms with Gasteiger partial charge in [0.2, 0.25) is 5.91 Å². The largest absolute Gasteiger partial charge is 0.355 e. The van der Waals surface area contributed by atoms with Crippen molar-refractivity contribution in [2.24, 2.45) is 0 Å². The molecule has 0 aromatic carbocycles. The van der Waals surface area contributed by atoms with Crippen LogP contribution in [0.1, 0.15) is 111 Å². The predicted molar refractivity (Wildman–Crippen MR) is 136 cm³/mol. The highest BCUT2D eigenvalue weighted by atomic mass is 17.1. The first kappa shape index (κ1) is 29.3. The summed E-state index contributed by atoms with van der Waals surface area (Å²) in [6.07, 6.45) is 21.6. The molecule has 0 bridgehead atoms. The second kappa shape index (κ2) is 20.9. The molecule has 1 aliphatic rings. The molecule has 1 unspecified atom stereocenters. The Hall–Kier alpha value is -0.690. The fraction of sp³-hybridized carbons (Fsp3) is 0.962. The van der Waals surface area contributed by atoms with E-state index in [1.807, 2.05) is 0 Å². The van der Waals surface area contributed by atoms with Crippen LogP contribution >= 0.6 is 0 Å². The van der Waals surface area contributed by atoms with Gasteiger partial charge in [0.05, 0.1) is 0 Å². The van der Waals surface area contributed by atoms with Crippen molar-refractivity contribution >= 4 is 5.91 Å². The molecule has 1 heterocycles. The van der Waals surface area contributed by atoms with Crippen molar-refractivity contribution in [3.8, 4) is 0 Å². The third-order valence-corrected chi connectivity index (χ3v) is 6.84. The molecule has 1 fully saturated rings. The van der Waals surface area contributed by atoms with Gasteiger partial charge in [0, 0.05) is 34.2 Å². The van der Waals surface area contributed by atoms with Gasteiger partial charge in [0.1, 0.15) is 12.6 Å². The average Bonchev–Trinajstić information content (AvgIpc) is 2.80. The van der Waals surface area contributed by atoms with Gasteiger partial charge in [-0.1, -0.05) is 103 Å². The van der Waals surface area contributed by atoms with Gasteiger partial charge in [0.25, 0.3) is 0 Å². The normalized spacial score (nSPS) is 16.3. The lowest BCUT2D eigenvalue weighted by molar-refractivity contribution is -0.251. The predicted octanol–water partition coefficient (Wildman–Crippen LogP) is 5.72. The molecule has 192 valence electrons. The molecular formula is C26H55N3O3. The van der Waals surface area contributed by atoms with E-state index in [2.05, 4.69) is 34.0 Å². The molecule has 1 saturated heterocycles. The van der Waals surface area contributed by atoms with Crippen LogP contribution in [0.3, 0.4) is 0 Å². The number of piperazine rings is 1. The van der Waals surface area contributed by atoms with Crippen LogP contribution in [0.2, 0.25) is 0 Å². The number of nitrogens with one attached hydrogen (secondary N) is 1. The van der Waals surface area contributed by atoms with E-state index in [9.17, 15) is 4.79 Å². The quantitative estimate of drug-likeness (QED) is 0.131. The van der Waals surface area contributed by atoms with Gasteiger partial charge in [-0.05, 0) is 13.5 Å². The molecule has 0 aromatic rings. The molecule has 32 heavy (non-hydrogen) atoms. The van der Waals surface area contributed by atoms with Crippen molar-refractivity contribution in [2.75, 3.05) is 46.4 Å². The van der Waals surface area contributed by atoms with Crippen LogP contribution < -0.4 is 5.32 Å². The Labute approximate surface area is 199 Å². The number of rotatable bonds is 21. The molecular weight excluding hydrogens is 402 g/mol. The summed E-state index contributed by atoms with van der Waals surface area (Å²) in [6, 6.07) is -0.394. The van der Waals surface area contributed by atoms with E-state index in [1.165, 1.54) is 96.3 Å². The third kappa shape index (κ3) is 15.2. The first-order valence-electron chi connectivity index (χ1n) is 13.7. The fourth-order valence-electron chi connectivity index (χ4n) is 4.55. The number of carbonyl (C=O) groups is 1. The van der Waals surface area contributed by atoms with E-state index in [0.717, 1.165) is 32.6 Å². The zero-order valence-electron chi connectivity index (χ0n) is 21.3. The smallest absolute Gasteiger partial charge is 0.239 e. The third-order valence-electron chi connectivity index (χ3n) is 6.84. The minimum absolute atomic E-state index is 0. The lowest BCUT2D eigenvalue weighted by atomic mass is 10.0. The van der Waals surface area contributed by atoms with E-state index in [4.69, 9.17) is 5.26 Å². The van der Waals surface area contributed by atoms with Crippen LogP contribution in [0.25, 0.3) is 0 Å². The van der Waals surface area contributed by atoms with Gasteiger partial charge in [-0.15, -0.1) is 0 Å². The highest BCUT2D eigenvalue weighted by molar-refractivity contribution is 5.81. The summed E-state index contributed by atoms with van der Waals surface area (Å²) in [5.41, 5.74) is 0. The number of likely N-dealkylation sites (N-methyl/N-ethyl adjacent to an activating group) is 1. The summed E-state index contributed by atoms with van der Waals surface area (Å²) in [4.78, 5) is 21.2. The molecule has 1 amide bonds. The Bertz CT molecular complexity index is 435. The fourth-order valence-corrected chi connectivity index (χ4v) is 4.55. The molecule has 0 saturated carbocycles. The molecule has 0 spiro atoms. The number of hydrogen-bond donors (Lipinski definition) is 2. The molecule has 1 aliphatic heterocycles. The lowest BCUT2D eigenvalue weighted by Gasteiger charge is -2.36. The van der Waals surface area contributed by atoms with Crippen molar-refractivity contribution in [2.45, 2.75) is 116 Å². The molecule has 0 aliphatic carbocycles. The van der Waals surface area contributed by atoms with Crippen molar-refractivity contribution in [1.29, 1.82) is 0 Å². The van der Waals surface area contributed by atoms with Crippen LogP contribution in [0.15, 0.2) is 0 Å². The number of nitrogens with zero attached hydrogens (tertiary/aromatic N) is 2. The average molecular weight is 458 g/mol. The van der Waals surface area contributed by atoms with Crippen molar-refractivity contribution in [3.63, 3.8) is 0 Å². The van der Waals surface area contributed by atoms with E-state index in [-0.39, 0.29) is 13.9 Å². The number of hydrogen-bond acceptors (Lipinski definition) is 5. The number of unbranched alkanes of at least 4 members (excludes halogenated alkanes) is 15. The van der Waals surface area contributed by atoms with Gasteiger partial charge in [-0.2, -0.15) is 0 Å². The maximum Gasteiger partial charge on any atom is 0.239 e. The standard InChI is InChI=1S/C26H53N3O3.H2/c1-3-4-5-6-7-8-9-10-11-12-13-14-15-16-17-18-19-27-26(30)25(24-32-31)29-22-20-28(2)21-23-29;/h25,31H,3-24H2,1-2H3,(H,27,30);1H. The SMILES string of the molecule is CCCCCCCCCCCCCCCCCCNC(=O)C(COO)N1CCN(C)CC1.[HH]. The molecule has 2 N–H and O–H groups in total. The van der Waals surface area contributed by atoms with E-state index < -0.39 is 6.04 Å². The zero-order chi connectivity index (χ0) is 23.3. The topological polar surface area (TPSA) is 65.0 Å². The van der Waals surface area contributed by atoms with Gasteiger partial charge < -0.3 is 10.2 Å². The minimum atomic E-state index is -0.394. The first-order valence-corrected chi connectivity index (χ1v) is 13.7. The van der Waals surface area contributed by atoms with Gasteiger partial charge in [0.15, 0.2) is 0 Å². The zero-order valence-corrected chi connectivity index (χ0v) is 21.3. The second-order valence-corrected chi connectivity index (χ2v) is 9.75. The molecule has 1 atom stereocenters. The maximum absolute atomic E-state index is 12.5. The summed E-state index contributed by atoms with van der Waals surface area (Å²) < 4.78 is 0. The summed E-state index contributed by atoms with van der Waals surface area (Å²) >= 11 is 0. The number of carbonyl (C=O) groups excluding carboxylic acids is 1.